The van der Waals surface area contributed by atoms with E-state index in [0.29, 0.717) is 107 Å². The van der Waals surface area contributed by atoms with Crippen molar-refractivity contribution in [1.82, 2.24) is 39.2 Å². The van der Waals surface area contributed by atoms with Crippen LogP contribution in [0, 0.1) is 33.5 Å². The molecule has 4 saturated carbocycles. The fourth-order valence-electron chi connectivity index (χ4n) is 17.9. The van der Waals surface area contributed by atoms with Crippen LogP contribution >= 0.6 is 0 Å². The monoisotopic (exact) mass is 1860 g/mol. The van der Waals surface area contributed by atoms with Gasteiger partial charge in [0.2, 0.25) is 53.1 Å². The molecule has 694 valence electrons. The molecule has 30 heteroatoms. The molecule has 0 radical (unpaired) electrons. The van der Waals surface area contributed by atoms with E-state index in [2.05, 4.69) is 42.1 Å². The van der Waals surface area contributed by atoms with Crippen LogP contribution in [0.1, 0.15) is 123 Å². The average Bonchev–Trinajstić information content (AvgIpc) is 1.63. The maximum Gasteiger partial charge on any atom is 0.251 e. The Labute approximate surface area is 782 Å². The van der Waals surface area contributed by atoms with Gasteiger partial charge in [0, 0.05) is 112 Å². The fourth-order valence-corrected chi connectivity index (χ4v) is 19.8. The fraction of sp³-hybridized carbons (Fsp3) is 0.305. The van der Waals surface area contributed by atoms with Gasteiger partial charge in [-0.1, -0.05) is 84.9 Å². The number of Topliss-reactive ketones (excluding diaryl/α,β-unsaturated/α-hetero) is 3. The number of ketones is 3. The van der Waals surface area contributed by atoms with Crippen molar-refractivity contribution in [3.8, 4) is 90.8 Å². The summed E-state index contributed by atoms with van der Waals surface area (Å²) < 4.78 is 117. The highest BCUT2D eigenvalue weighted by molar-refractivity contribution is 7.89. The number of halogens is 1. The number of fused-ring (bicyclic) bond motifs is 4. The molecule has 8 aromatic carbocycles. The van der Waals surface area contributed by atoms with Crippen LogP contribution in [0.2, 0.25) is 0 Å². The van der Waals surface area contributed by atoms with E-state index < -0.39 is 41.7 Å². The molecule has 27 nitrogen and oxygen atoms in total. The summed E-state index contributed by atoms with van der Waals surface area (Å²) in [7, 11) is -2.51. The van der Waals surface area contributed by atoms with Crippen LogP contribution < -0.4 is 53.3 Å². The summed E-state index contributed by atoms with van der Waals surface area (Å²) in [6.45, 7) is 12.8. The van der Waals surface area contributed by atoms with Gasteiger partial charge >= 0.3 is 0 Å². The predicted octanol–water partition coefficient (Wildman–Crippen LogP) is 15.7. The van der Waals surface area contributed by atoms with Crippen molar-refractivity contribution in [2.45, 2.75) is 130 Å². The zero-order chi connectivity index (χ0) is 94.1. The van der Waals surface area contributed by atoms with E-state index in [9.17, 15) is 45.2 Å². The molecule has 5 fully saturated rings. The topological polar surface area (TPSA) is 331 Å². The first-order valence-electron chi connectivity index (χ1n) is 45.0. The van der Waals surface area contributed by atoms with Crippen LogP contribution in [0.5, 0.6) is 46.0 Å². The Hall–Kier alpha value is -13.6. The predicted molar refractivity (Wildman–Crippen MR) is 503 cm³/mol. The lowest BCUT2D eigenvalue weighted by Crippen LogP contribution is -2.41. The SMILES string of the molecule is CNC(=O)c1ccc(-c2cnc(CC(=O)C3(c4ccc5c(c4)OCO5)CC3)c(C)c2C)cc1.Cc1c(-c2cccc(S(=O)(=O)N(C)C)c2)cnc(CC(=O)C2(c3ccc4c(c3)OCO4)CC2)c1C.O=C(Cc1cccc(-c2ccc(S(=O)(=O)NCCN3CCOCC3)cc2)n1)C1(c2ccc3c(c2)OCO3)CC1.O=C(Nc1cccc(-c2cccc(F)c2)n1)C1(c2ccc3c(c2)OCO3)CC1. The summed E-state index contributed by atoms with van der Waals surface area (Å²) in [5.41, 5.74) is 15.1. The highest BCUT2D eigenvalue weighted by Crippen LogP contribution is 2.56. The number of ether oxygens (including phenoxy) is 9. The number of carbonyl (C=O) groups is 5. The summed E-state index contributed by atoms with van der Waals surface area (Å²) in [5.74, 6) is 5.99. The van der Waals surface area contributed by atoms with E-state index >= 15 is 0 Å². The van der Waals surface area contributed by atoms with Crippen LogP contribution in [0.15, 0.2) is 228 Å². The molecule has 4 aliphatic carbocycles. The van der Waals surface area contributed by atoms with Gasteiger partial charge in [-0.05, 0) is 256 Å². The molecule has 0 unspecified atom stereocenters. The Morgan fingerprint density at radius 1 is 0.437 bits per heavy atom. The third-order valence-corrected chi connectivity index (χ3v) is 30.3. The summed E-state index contributed by atoms with van der Waals surface area (Å²) >= 11 is 0. The van der Waals surface area contributed by atoms with Crippen molar-refractivity contribution in [3.05, 3.63) is 292 Å². The molecule has 4 aromatic heterocycles. The molecule has 0 atom stereocenters. The van der Waals surface area contributed by atoms with Crippen LogP contribution in [-0.4, -0.2) is 163 Å². The molecule has 3 N–H and O–H groups in total. The molecular weight excluding hydrogens is 1760 g/mol. The number of amides is 2. The van der Waals surface area contributed by atoms with E-state index in [0.717, 1.165) is 154 Å². The van der Waals surface area contributed by atoms with E-state index in [1.807, 2.05) is 148 Å². The number of benzene rings is 8. The molecule has 0 bridgehead atoms. The van der Waals surface area contributed by atoms with Crippen molar-refractivity contribution >= 4 is 55.0 Å². The Morgan fingerprint density at radius 3 is 1.36 bits per heavy atom. The van der Waals surface area contributed by atoms with E-state index in [-0.39, 0.29) is 84.8 Å². The number of aromatic nitrogens is 4. The van der Waals surface area contributed by atoms with Gasteiger partial charge in [-0.2, -0.15) is 0 Å². The average molecular weight is 1860 g/mol. The van der Waals surface area contributed by atoms with Gasteiger partial charge in [-0.15, -0.1) is 0 Å². The summed E-state index contributed by atoms with van der Waals surface area (Å²) in [6, 6.07) is 61.1. The van der Waals surface area contributed by atoms with Gasteiger partial charge in [-0.3, -0.25) is 43.8 Å². The molecule has 5 aliphatic heterocycles. The zero-order valence-electron chi connectivity index (χ0n) is 75.9. The van der Waals surface area contributed by atoms with Crippen molar-refractivity contribution < 1.29 is 87.8 Å². The minimum Gasteiger partial charge on any atom is -0.454 e. The van der Waals surface area contributed by atoms with Crippen LogP contribution in [-0.2, 0) is 84.9 Å². The van der Waals surface area contributed by atoms with Crippen molar-refractivity contribution in [1.29, 1.82) is 0 Å². The number of nitrogens with one attached hydrogen (secondary N) is 3. The van der Waals surface area contributed by atoms with E-state index in [1.54, 1.807) is 86.0 Å². The second-order valence-corrected chi connectivity index (χ2v) is 39.3. The van der Waals surface area contributed by atoms with Crippen LogP contribution in [0.3, 0.4) is 0 Å². The Morgan fingerprint density at radius 2 is 0.874 bits per heavy atom. The van der Waals surface area contributed by atoms with Gasteiger partial charge in [0.15, 0.2) is 46.0 Å². The molecule has 0 spiro atoms. The number of hydrogen-bond acceptors (Lipinski definition) is 23. The second kappa shape index (κ2) is 38.0. The lowest BCUT2D eigenvalue weighted by atomic mass is 9.87. The van der Waals surface area contributed by atoms with Crippen molar-refractivity contribution in [2.24, 2.45) is 0 Å². The number of anilines is 1. The molecule has 1 saturated heterocycles. The largest absolute Gasteiger partial charge is 0.454 e. The minimum atomic E-state index is -3.61. The summed E-state index contributed by atoms with van der Waals surface area (Å²) in [5, 5.41) is 5.55. The number of sulfonamides is 2. The number of rotatable bonds is 27. The van der Waals surface area contributed by atoms with Crippen LogP contribution in [0.25, 0.3) is 44.8 Å². The highest BCUT2D eigenvalue weighted by atomic mass is 32.2. The lowest BCUT2D eigenvalue weighted by molar-refractivity contribution is -0.121. The normalized spacial score (nSPS) is 16.4. The summed E-state index contributed by atoms with van der Waals surface area (Å²) in [4.78, 5) is 86.2. The molecule has 2 amide bonds. The maximum atomic E-state index is 13.5. The first-order valence-corrected chi connectivity index (χ1v) is 47.9. The van der Waals surface area contributed by atoms with Gasteiger partial charge in [0.25, 0.3) is 5.91 Å². The number of nitrogens with zero attached hydrogens (tertiary/aromatic N) is 6. The lowest BCUT2D eigenvalue weighted by Gasteiger charge is -2.26. The smallest absolute Gasteiger partial charge is 0.251 e. The Kier molecular flexibility index (Phi) is 25.9. The van der Waals surface area contributed by atoms with Gasteiger partial charge in [-0.25, -0.2) is 35.2 Å². The van der Waals surface area contributed by atoms with Crippen molar-refractivity contribution in [2.75, 3.05) is 93.0 Å². The summed E-state index contributed by atoms with van der Waals surface area (Å²) in [6.07, 6.45) is 10.8. The Bertz CT molecular complexity index is 6880. The molecule has 9 heterocycles. The van der Waals surface area contributed by atoms with E-state index in [1.165, 1.54) is 30.5 Å². The van der Waals surface area contributed by atoms with Crippen molar-refractivity contribution in [3.63, 3.8) is 0 Å². The second-order valence-electron chi connectivity index (χ2n) is 35.4. The Balaban J connectivity index is 0.000000121. The van der Waals surface area contributed by atoms with Gasteiger partial charge < -0.3 is 53.3 Å². The minimum absolute atomic E-state index is 0.102. The number of carbonyl (C=O) groups excluding carboxylic acids is 5. The highest BCUT2D eigenvalue weighted by Gasteiger charge is 2.55. The van der Waals surface area contributed by atoms with E-state index in [4.69, 9.17) is 47.6 Å². The molecule has 135 heavy (non-hydrogen) atoms. The number of hydrogen-bond donors (Lipinski definition) is 3. The first-order chi connectivity index (χ1) is 65.1. The van der Waals surface area contributed by atoms with Gasteiger partial charge in [0.05, 0.1) is 67.4 Å². The third-order valence-electron chi connectivity index (χ3n) is 27.0. The standard InChI is InChI=1S/C29H31N3O6S.C27H28N2O5S.C27H26N2O4.C22H17FN2O3/c33-28(29(10-11-29)22-6-9-26-27(18-22)38-20-37-26)19-23-2-1-3-25(31-23)21-4-7-24(8-5-21)39(34,35)30-12-13-32-14-16-36-17-15-32;1-17-18(2)23(28-15-22(17)19-6-5-7-21(12-19)35(31,32)29(3)4)14-26(30)27(10-11-27)20-8-9-24-25(13-20)34-16-33-24;1-16-17(2)22(29-14-21(16)18-4-6-19(7-5-18)26(31)28-3)13-25(30)27(10-11-27)20-8-9-23-24(12-20)33-15-32-23;23-16-4-1-3-14(11-16)17-5-2-6-20(24-17)25-21(26)22(9-10-22)15-7-8-18-19(12-15)28-13-27-18/h1-9,18,30H,10-17,19-20H2;5-9,12-13,15H,10-11,14,16H2,1-4H3;4-9,12,14H,10-11,13,15H2,1-3H3,(H,28,31);1-8,11-12H,9-10,13H2,(H,24,25,26). The quantitative estimate of drug-likeness (QED) is 0.0430. The number of pyridine rings is 4. The molecule has 21 rings (SSSR count). The van der Waals surface area contributed by atoms with Crippen LogP contribution in [0.4, 0.5) is 10.2 Å². The molecular formula is C105H102FN9O18S2. The zero-order valence-corrected chi connectivity index (χ0v) is 77.5. The number of morpholine rings is 1. The first kappa shape index (κ1) is 91.9. The molecule has 12 aromatic rings. The third kappa shape index (κ3) is 19.3. The maximum absolute atomic E-state index is 13.5. The molecule has 9 aliphatic rings. The van der Waals surface area contributed by atoms with Gasteiger partial charge in [0.1, 0.15) is 29.0 Å².